The fourth-order valence-corrected chi connectivity index (χ4v) is 2.47. The molecule has 0 bridgehead atoms. The van der Waals surface area contributed by atoms with Crippen LogP contribution in [-0.2, 0) is 4.79 Å². The van der Waals surface area contributed by atoms with Gasteiger partial charge in [0.25, 0.3) is 0 Å². The molecule has 0 spiro atoms. The van der Waals surface area contributed by atoms with Gasteiger partial charge >= 0.3 is 0 Å². The van der Waals surface area contributed by atoms with Crippen molar-refractivity contribution in [2.24, 2.45) is 17.1 Å². The van der Waals surface area contributed by atoms with E-state index in [2.05, 4.69) is 20.8 Å². The zero-order valence-corrected chi connectivity index (χ0v) is 12.3. The highest BCUT2D eigenvalue weighted by Crippen LogP contribution is 2.34. The van der Waals surface area contributed by atoms with Gasteiger partial charge in [-0.25, -0.2) is 0 Å². The van der Waals surface area contributed by atoms with Crippen molar-refractivity contribution in [3.63, 3.8) is 0 Å². The van der Waals surface area contributed by atoms with Crippen molar-refractivity contribution in [1.29, 1.82) is 0 Å². The van der Waals surface area contributed by atoms with Gasteiger partial charge in [0.05, 0.1) is 6.04 Å². The van der Waals surface area contributed by atoms with Crippen LogP contribution in [0.3, 0.4) is 0 Å². The van der Waals surface area contributed by atoms with E-state index < -0.39 is 0 Å². The molecular formula is C13H27ClN2O. The van der Waals surface area contributed by atoms with Crippen LogP contribution < -0.4 is 5.73 Å². The number of carbonyl (C=O) groups is 1. The number of rotatable bonds is 1. The second-order valence-corrected chi connectivity index (χ2v) is 6.11. The van der Waals surface area contributed by atoms with Crippen LogP contribution in [-0.4, -0.2) is 29.9 Å². The molecule has 1 heterocycles. The van der Waals surface area contributed by atoms with Crippen molar-refractivity contribution >= 4 is 18.3 Å². The van der Waals surface area contributed by atoms with E-state index in [4.69, 9.17) is 5.73 Å². The lowest BCUT2D eigenvalue weighted by Crippen LogP contribution is -2.42. The van der Waals surface area contributed by atoms with E-state index in [0.717, 1.165) is 31.8 Å². The Bertz CT molecular complexity index is 248. The molecule has 102 valence electrons. The summed E-state index contributed by atoms with van der Waals surface area (Å²) in [6.45, 7) is 10.4. The van der Waals surface area contributed by atoms with Crippen molar-refractivity contribution in [1.82, 2.24) is 4.90 Å². The van der Waals surface area contributed by atoms with Crippen LogP contribution in [0.25, 0.3) is 0 Å². The summed E-state index contributed by atoms with van der Waals surface area (Å²) in [4.78, 5) is 13.7. The molecular weight excluding hydrogens is 236 g/mol. The molecule has 0 aromatic heterocycles. The number of halogens is 1. The normalized spacial score (nSPS) is 23.6. The molecule has 1 saturated heterocycles. The molecule has 0 saturated carbocycles. The third-order valence-corrected chi connectivity index (χ3v) is 3.65. The Morgan fingerprint density at radius 3 is 2.35 bits per heavy atom. The quantitative estimate of drug-likeness (QED) is 0.789. The average molecular weight is 263 g/mol. The van der Waals surface area contributed by atoms with Gasteiger partial charge in [-0.2, -0.15) is 0 Å². The molecule has 1 aliphatic rings. The fraction of sp³-hybridized carbons (Fsp3) is 0.923. The monoisotopic (exact) mass is 262 g/mol. The summed E-state index contributed by atoms with van der Waals surface area (Å²) in [5, 5.41) is 0. The highest BCUT2D eigenvalue weighted by atomic mass is 35.5. The number of hydrogen-bond donors (Lipinski definition) is 1. The first-order valence-corrected chi connectivity index (χ1v) is 6.36. The maximum absolute atomic E-state index is 11.8. The van der Waals surface area contributed by atoms with Gasteiger partial charge < -0.3 is 10.6 Å². The van der Waals surface area contributed by atoms with Gasteiger partial charge in [0.1, 0.15) is 0 Å². The van der Waals surface area contributed by atoms with Crippen molar-refractivity contribution in [2.75, 3.05) is 13.1 Å². The van der Waals surface area contributed by atoms with Crippen LogP contribution in [0.5, 0.6) is 0 Å². The Morgan fingerprint density at radius 1 is 1.29 bits per heavy atom. The van der Waals surface area contributed by atoms with Gasteiger partial charge in [-0.15, -0.1) is 12.4 Å². The Balaban J connectivity index is 0.00000256. The summed E-state index contributed by atoms with van der Waals surface area (Å²) in [6.07, 6.45) is 3.45. The van der Waals surface area contributed by atoms with Gasteiger partial charge in [0, 0.05) is 13.1 Å². The van der Waals surface area contributed by atoms with E-state index in [1.807, 2.05) is 4.90 Å². The summed E-state index contributed by atoms with van der Waals surface area (Å²) in [6, 6.07) is -0.355. The van der Waals surface area contributed by atoms with Crippen molar-refractivity contribution in [3.05, 3.63) is 0 Å². The molecule has 1 rings (SSSR count). The van der Waals surface area contributed by atoms with Crippen molar-refractivity contribution in [2.45, 2.75) is 53.0 Å². The second kappa shape index (κ2) is 6.60. The third-order valence-electron chi connectivity index (χ3n) is 3.65. The van der Waals surface area contributed by atoms with E-state index in [1.54, 1.807) is 6.92 Å². The van der Waals surface area contributed by atoms with Gasteiger partial charge in [0.15, 0.2) is 0 Å². The standard InChI is InChI=1S/C13H26N2O.ClH/c1-10(14)12(16)15-8-5-6-11(7-9-15)13(2,3)4;/h10-11H,5-9,14H2,1-4H3;1H/t10-,11?;/m0./s1. The third kappa shape index (κ3) is 4.84. The summed E-state index contributed by atoms with van der Waals surface area (Å²) in [7, 11) is 0. The average Bonchev–Trinajstić information content (AvgIpc) is 2.40. The number of amides is 1. The lowest BCUT2D eigenvalue weighted by molar-refractivity contribution is -0.132. The predicted octanol–water partition coefficient (Wildman–Crippen LogP) is 2.43. The lowest BCUT2D eigenvalue weighted by atomic mass is 9.77. The van der Waals surface area contributed by atoms with E-state index in [0.29, 0.717) is 5.41 Å². The van der Waals surface area contributed by atoms with Crippen LogP contribution in [0, 0.1) is 11.3 Å². The zero-order chi connectivity index (χ0) is 12.3. The Hall–Kier alpha value is -0.280. The first-order chi connectivity index (χ1) is 7.32. The molecule has 1 unspecified atom stereocenters. The molecule has 1 aliphatic heterocycles. The number of hydrogen-bond acceptors (Lipinski definition) is 2. The largest absolute Gasteiger partial charge is 0.341 e. The number of carbonyl (C=O) groups excluding carboxylic acids is 1. The zero-order valence-electron chi connectivity index (χ0n) is 11.5. The van der Waals surface area contributed by atoms with Gasteiger partial charge in [-0.3, -0.25) is 4.79 Å². The highest BCUT2D eigenvalue weighted by molar-refractivity contribution is 5.85. The molecule has 2 atom stereocenters. The molecule has 0 radical (unpaired) electrons. The van der Waals surface area contributed by atoms with E-state index in [9.17, 15) is 4.79 Å². The first-order valence-electron chi connectivity index (χ1n) is 6.36. The van der Waals surface area contributed by atoms with Gasteiger partial charge in [0.2, 0.25) is 5.91 Å². The van der Waals surface area contributed by atoms with Crippen LogP contribution >= 0.6 is 12.4 Å². The van der Waals surface area contributed by atoms with E-state index in [-0.39, 0.29) is 24.4 Å². The molecule has 1 amide bonds. The maximum Gasteiger partial charge on any atom is 0.239 e. The smallest absolute Gasteiger partial charge is 0.239 e. The van der Waals surface area contributed by atoms with E-state index in [1.165, 1.54) is 6.42 Å². The van der Waals surface area contributed by atoms with Crippen LogP contribution in [0.1, 0.15) is 47.0 Å². The fourth-order valence-electron chi connectivity index (χ4n) is 2.47. The number of nitrogens with two attached hydrogens (primary N) is 1. The van der Waals surface area contributed by atoms with Gasteiger partial charge in [-0.1, -0.05) is 20.8 Å². The molecule has 17 heavy (non-hydrogen) atoms. The number of likely N-dealkylation sites (tertiary alicyclic amines) is 1. The van der Waals surface area contributed by atoms with Crippen molar-refractivity contribution in [3.8, 4) is 0 Å². The summed E-state index contributed by atoms with van der Waals surface area (Å²) in [5.74, 6) is 0.827. The Labute approximate surface area is 112 Å². The van der Waals surface area contributed by atoms with Crippen molar-refractivity contribution < 1.29 is 4.79 Å². The maximum atomic E-state index is 11.8. The van der Waals surface area contributed by atoms with Gasteiger partial charge in [-0.05, 0) is 37.5 Å². The van der Waals surface area contributed by atoms with Crippen LogP contribution in [0.4, 0.5) is 0 Å². The summed E-state index contributed by atoms with van der Waals surface area (Å²) >= 11 is 0. The Kier molecular flexibility index (Phi) is 6.49. The lowest BCUT2D eigenvalue weighted by Gasteiger charge is -2.30. The van der Waals surface area contributed by atoms with Crippen LogP contribution in [0.2, 0.25) is 0 Å². The Morgan fingerprint density at radius 2 is 1.88 bits per heavy atom. The molecule has 0 aromatic carbocycles. The second-order valence-electron chi connectivity index (χ2n) is 6.11. The van der Waals surface area contributed by atoms with Crippen LogP contribution in [0.15, 0.2) is 0 Å². The number of nitrogens with zero attached hydrogens (tertiary/aromatic N) is 1. The molecule has 3 nitrogen and oxygen atoms in total. The molecule has 0 aromatic rings. The summed E-state index contributed by atoms with van der Waals surface area (Å²) < 4.78 is 0. The minimum Gasteiger partial charge on any atom is -0.341 e. The van der Waals surface area contributed by atoms with E-state index >= 15 is 0 Å². The first kappa shape index (κ1) is 16.7. The topological polar surface area (TPSA) is 46.3 Å². The molecule has 1 fully saturated rings. The highest BCUT2D eigenvalue weighted by Gasteiger charge is 2.28. The molecule has 2 N–H and O–H groups in total. The summed E-state index contributed by atoms with van der Waals surface area (Å²) in [5.41, 5.74) is 6.00. The predicted molar refractivity (Wildman–Crippen MR) is 74.3 cm³/mol. The molecule has 4 heteroatoms. The minimum absolute atomic E-state index is 0. The minimum atomic E-state index is -0.355. The SMILES string of the molecule is C[C@H](N)C(=O)N1CCCC(C(C)(C)C)CC1.Cl. The molecule has 0 aliphatic carbocycles.